The highest BCUT2D eigenvalue weighted by molar-refractivity contribution is 6.34. The molecular formula is C39H39Cl2N5O3. The van der Waals surface area contributed by atoms with Gasteiger partial charge < -0.3 is 15.4 Å². The summed E-state index contributed by atoms with van der Waals surface area (Å²) in [5.74, 6) is 0.771. The summed E-state index contributed by atoms with van der Waals surface area (Å²) in [6.07, 6.45) is 8.19. The number of anilines is 1. The number of amides is 1. The van der Waals surface area contributed by atoms with Gasteiger partial charge in [0.05, 0.1) is 22.8 Å². The number of ether oxygens (including phenoxy) is 1. The van der Waals surface area contributed by atoms with Crippen molar-refractivity contribution in [3.05, 3.63) is 110 Å². The minimum absolute atomic E-state index is 0.151. The Kier molecular flexibility index (Phi) is 11.6. The third-order valence-electron chi connectivity index (χ3n) is 8.44. The Morgan fingerprint density at radius 3 is 2.35 bits per heavy atom. The Balaban J connectivity index is 1.66. The number of aryl methyl sites for hydroxylation is 4. The Bertz CT molecular complexity index is 2000. The first-order chi connectivity index (χ1) is 23.6. The van der Waals surface area contributed by atoms with Crippen LogP contribution in [0.1, 0.15) is 63.8 Å². The average molecular weight is 697 g/mol. The van der Waals surface area contributed by atoms with Crippen LogP contribution < -0.4 is 15.4 Å². The van der Waals surface area contributed by atoms with Gasteiger partial charge in [0, 0.05) is 68.4 Å². The molecule has 252 valence electrons. The maximum Gasteiger partial charge on any atom is 0.207 e. The van der Waals surface area contributed by atoms with Crippen LogP contribution in [0.2, 0.25) is 10.0 Å². The van der Waals surface area contributed by atoms with Gasteiger partial charge in [0.15, 0.2) is 6.29 Å². The number of pyridine rings is 1. The van der Waals surface area contributed by atoms with Crippen molar-refractivity contribution >= 4 is 64.1 Å². The normalized spacial score (nSPS) is 12.1. The highest BCUT2D eigenvalue weighted by Gasteiger charge is 2.22. The zero-order valence-electron chi connectivity index (χ0n) is 28.2. The molecule has 2 aromatic heterocycles. The van der Waals surface area contributed by atoms with E-state index in [1.54, 1.807) is 18.6 Å². The fraction of sp³-hybridized carbons (Fsp3) is 0.256. The second kappa shape index (κ2) is 16.1. The number of halogens is 2. The van der Waals surface area contributed by atoms with E-state index >= 15 is 0 Å². The van der Waals surface area contributed by atoms with Crippen molar-refractivity contribution in [3.8, 4) is 16.9 Å². The summed E-state index contributed by atoms with van der Waals surface area (Å²) in [6, 6.07) is 15.2. The second-order valence-electron chi connectivity index (χ2n) is 12.1. The summed E-state index contributed by atoms with van der Waals surface area (Å²) in [5, 5.41) is 8.49. The lowest BCUT2D eigenvalue weighted by molar-refractivity contribution is -0.109. The number of carbonyl (C=O) groups excluding carboxylic acids is 2. The van der Waals surface area contributed by atoms with Crippen molar-refractivity contribution in [2.45, 2.75) is 53.5 Å². The second-order valence-corrected chi connectivity index (χ2v) is 12.9. The van der Waals surface area contributed by atoms with Crippen molar-refractivity contribution in [3.63, 3.8) is 0 Å². The van der Waals surface area contributed by atoms with Crippen LogP contribution >= 0.6 is 23.2 Å². The quantitative estimate of drug-likeness (QED) is 0.0678. The van der Waals surface area contributed by atoms with E-state index in [0.29, 0.717) is 43.0 Å². The number of fused-ring (bicyclic) bond motifs is 1. The summed E-state index contributed by atoms with van der Waals surface area (Å²) in [4.78, 5) is 36.7. The molecule has 0 fully saturated rings. The minimum atomic E-state index is -0.151. The molecule has 0 aliphatic heterocycles. The summed E-state index contributed by atoms with van der Waals surface area (Å²) in [5.41, 5.74) is 10.0. The van der Waals surface area contributed by atoms with E-state index in [1.807, 2.05) is 77.1 Å². The predicted octanol–water partition coefficient (Wildman–Crippen LogP) is 8.99. The zero-order valence-corrected chi connectivity index (χ0v) is 29.7. The van der Waals surface area contributed by atoms with Crippen LogP contribution in [-0.2, 0) is 4.79 Å². The molecule has 0 bridgehead atoms. The number of hydrogen-bond acceptors (Lipinski definition) is 7. The molecule has 1 amide bonds. The van der Waals surface area contributed by atoms with Crippen LogP contribution in [0, 0.1) is 27.7 Å². The first-order valence-corrected chi connectivity index (χ1v) is 16.9. The molecule has 2 N–H and O–H groups in total. The third-order valence-corrected chi connectivity index (χ3v) is 9.35. The van der Waals surface area contributed by atoms with Crippen LogP contribution in [0.4, 0.5) is 5.69 Å². The molecule has 49 heavy (non-hydrogen) atoms. The molecule has 5 rings (SSSR count). The summed E-state index contributed by atoms with van der Waals surface area (Å²) in [7, 11) is 0. The number of para-hydroxylation sites is 1. The van der Waals surface area contributed by atoms with E-state index in [4.69, 9.17) is 27.9 Å². The SMILES string of the molecule is Cc1cc(OCCC/C(=C\c2cccc3c(C=O)ccnc23)c2ccc(Cl)c(-c3c(C)ncnc3C)c2N[C@H](C)CNC=O)cc(C)c1Cl. The van der Waals surface area contributed by atoms with Crippen LogP contribution in [0.3, 0.4) is 0 Å². The van der Waals surface area contributed by atoms with Crippen molar-refractivity contribution in [1.29, 1.82) is 0 Å². The lowest BCUT2D eigenvalue weighted by Crippen LogP contribution is -2.30. The number of benzene rings is 3. The molecule has 2 heterocycles. The number of aromatic nitrogens is 3. The van der Waals surface area contributed by atoms with E-state index in [-0.39, 0.29) is 6.04 Å². The number of hydrogen-bond donors (Lipinski definition) is 2. The van der Waals surface area contributed by atoms with Gasteiger partial charge in [-0.25, -0.2) is 9.97 Å². The maximum absolute atomic E-state index is 11.9. The van der Waals surface area contributed by atoms with Gasteiger partial charge in [-0.05, 0) is 94.5 Å². The van der Waals surface area contributed by atoms with Gasteiger partial charge in [-0.15, -0.1) is 0 Å². The van der Waals surface area contributed by atoms with Crippen LogP contribution in [0.5, 0.6) is 5.75 Å². The van der Waals surface area contributed by atoms with Crippen molar-refractivity contribution in [1.82, 2.24) is 20.3 Å². The van der Waals surface area contributed by atoms with Crippen molar-refractivity contribution in [2.75, 3.05) is 18.5 Å². The Labute approximate surface area is 297 Å². The molecule has 10 heteroatoms. The molecular weight excluding hydrogens is 657 g/mol. The lowest BCUT2D eigenvalue weighted by atomic mass is 9.90. The van der Waals surface area contributed by atoms with Gasteiger partial charge >= 0.3 is 0 Å². The fourth-order valence-corrected chi connectivity index (χ4v) is 6.43. The third kappa shape index (κ3) is 8.10. The molecule has 0 unspecified atom stereocenters. The number of rotatable bonds is 14. The largest absolute Gasteiger partial charge is 0.494 e. The van der Waals surface area contributed by atoms with Crippen molar-refractivity contribution in [2.24, 2.45) is 0 Å². The monoisotopic (exact) mass is 695 g/mol. The van der Waals surface area contributed by atoms with Crippen molar-refractivity contribution < 1.29 is 14.3 Å². The van der Waals surface area contributed by atoms with Crippen LogP contribution in [0.15, 0.2) is 61.1 Å². The molecule has 0 aliphatic carbocycles. The molecule has 1 atom stereocenters. The first-order valence-electron chi connectivity index (χ1n) is 16.1. The van der Waals surface area contributed by atoms with Gasteiger partial charge in [0.25, 0.3) is 0 Å². The van der Waals surface area contributed by atoms with Gasteiger partial charge in [-0.3, -0.25) is 14.6 Å². The summed E-state index contributed by atoms with van der Waals surface area (Å²) in [6.45, 7) is 10.7. The van der Waals surface area contributed by atoms with Gasteiger partial charge in [-0.1, -0.05) is 47.5 Å². The number of allylic oxidation sites excluding steroid dienone is 1. The molecule has 0 radical (unpaired) electrons. The highest BCUT2D eigenvalue weighted by atomic mass is 35.5. The van der Waals surface area contributed by atoms with Gasteiger partial charge in [0.2, 0.25) is 6.41 Å². The number of nitrogens with one attached hydrogen (secondary N) is 2. The Hall–Kier alpha value is -4.79. The fourth-order valence-electron chi connectivity index (χ4n) is 6.07. The standard InChI is InChI=1S/C39H39Cl2N5O3/c1-23-16-31(17-24(2)37(23)41)49-15-7-9-28(18-29-8-6-10-32-30(20-47)13-14-43-38(29)32)33-11-12-34(40)36(35-26(4)44-21-45-27(35)5)39(33)46-25(3)19-42-22-48/h6,8,10-14,16-18,20-22,25,46H,7,9,15,19H2,1-5H3,(H,42,48)/b28-18+/t25-/m1/s1. The number of nitrogens with zero attached hydrogens (tertiary/aromatic N) is 3. The van der Waals surface area contributed by atoms with E-state index in [0.717, 1.165) is 84.0 Å². The summed E-state index contributed by atoms with van der Waals surface area (Å²) < 4.78 is 6.21. The minimum Gasteiger partial charge on any atom is -0.494 e. The Morgan fingerprint density at radius 1 is 0.918 bits per heavy atom. The van der Waals surface area contributed by atoms with E-state index < -0.39 is 0 Å². The van der Waals surface area contributed by atoms with E-state index in [9.17, 15) is 9.59 Å². The highest BCUT2D eigenvalue weighted by Crippen LogP contribution is 2.43. The predicted molar refractivity (Wildman–Crippen MR) is 200 cm³/mol. The number of carbonyl (C=O) groups is 2. The molecule has 0 spiro atoms. The molecule has 5 aromatic rings. The molecule has 3 aromatic carbocycles. The lowest BCUT2D eigenvalue weighted by Gasteiger charge is -2.25. The maximum atomic E-state index is 11.9. The average Bonchev–Trinajstić information content (AvgIpc) is 3.08. The van der Waals surface area contributed by atoms with E-state index in [2.05, 4.69) is 31.7 Å². The molecule has 0 saturated carbocycles. The first kappa shape index (κ1) is 35.5. The zero-order chi connectivity index (χ0) is 35.1. The van der Waals surface area contributed by atoms with Crippen LogP contribution in [0.25, 0.3) is 33.7 Å². The van der Waals surface area contributed by atoms with Gasteiger partial charge in [-0.2, -0.15) is 0 Å². The molecule has 0 saturated heterocycles. The topological polar surface area (TPSA) is 106 Å². The Morgan fingerprint density at radius 2 is 1.65 bits per heavy atom. The smallest absolute Gasteiger partial charge is 0.207 e. The number of aldehydes is 1. The van der Waals surface area contributed by atoms with Crippen LogP contribution in [-0.4, -0.2) is 46.8 Å². The van der Waals surface area contributed by atoms with E-state index in [1.165, 1.54) is 0 Å². The van der Waals surface area contributed by atoms with Gasteiger partial charge in [0.1, 0.15) is 12.1 Å². The molecule has 8 nitrogen and oxygen atoms in total. The molecule has 0 aliphatic rings. The summed E-state index contributed by atoms with van der Waals surface area (Å²) >= 11 is 13.4.